The molecule has 134 valence electrons. The summed E-state index contributed by atoms with van der Waals surface area (Å²) in [5.74, 6) is 0.686. The van der Waals surface area contributed by atoms with Crippen LogP contribution in [0, 0.1) is 0 Å². The van der Waals surface area contributed by atoms with Crippen LogP contribution < -0.4 is 5.32 Å². The van der Waals surface area contributed by atoms with Crippen LogP contribution in [0.1, 0.15) is 0 Å². The van der Waals surface area contributed by atoms with E-state index in [-0.39, 0.29) is 0 Å². The molecular weight excluding hydrogens is 352 g/mol. The quantitative estimate of drug-likeness (QED) is 0.441. The van der Waals surface area contributed by atoms with Crippen LogP contribution in [0.25, 0.3) is 38.8 Å². The molecule has 0 atom stereocenters. The number of nitrogens with one attached hydrogen (secondary N) is 3. The Balaban J connectivity index is 1.48. The van der Waals surface area contributed by atoms with E-state index in [0.29, 0.717) is 5.82 Å². The monoisotopic (exact) mass is 366 g/mol. The van der Waals surface area contributed by atoms with E-state index in [4.69, 9.17) is 4.98 Å². The molecule has 0 unspecified atom stereocenters. The molecule has 6 rings (SSSR count). The smallest absolute Gasteiger partial charge is 0.180 e. The van der Waals surface area contributed by atoms with Crippen molar-refractivity contribution in [2.45, 2.75) is 0 Å². The van der Waals surface area contributed by atoms with Crippen molar-refractivity contribution in [3.63, 3.8) is 0 Å². The van der Waals surface area contributed by atoms with Crippen molar-refractivity contribution < 1.29 is 0 Å². The maximum absolute atomic E-state index is 4.84. The van der Waals surface area contributed by atoms with Gasteiger partial charge in [-0.1, -0.05) is 12.1 Å². The standard InChI is InChI=1S/C20H14N8/c1-2-13-9-24-27-16(13)7-12(1)18-10-28-6-5-21-20(28)19(26-18)25-14-3-4-15-17(8-14)23-11-22-15/h1-11H,(H,22,23)(H,24,27)(H,25,26). The molecule has 0 radical (unpaired) electrons. The van der Waals surface area contributed by atoms with Gasteiger partial charge < -0.3 is 14.7 Å². The molecule has 0 aliphatic heterocycles. The zero-order chi connectivity index (χ0) is 18.5. The van der Waals surface area contributed by atoms with Crippen LogP contribution >= 0.6 is 0 Å². The van der Waals surface area contributed by atoms with E-state index in [1.165, 1.54) is 0 Å². The van der Waals surface area contributed by atoms with Crippen LogP contribution in [-0.4, -0.2) is 34.5 Å². The number of benzene rings is 2. The lowest BCUT2D eigenvalue weighted by molar-refractivity contribution is 1.12. The third kappa shape index (κ3) is 2.32. The van der Waals surface area contributed by atoms with Gasteiger partial charge in [-0.05, 0) is 24.3 Å². The van der Waals surface area contributed by atoms with Crippen LogP contribution in [0.5, 0.6) is 0 Å². The van der Waals surface area contributed by atoms with E-state index < -0.39 is 0 Å². The van der Waals surface area contributed by atoms with Crippen LogP contribution in [0.2, 0.25) is 0 Å². The number of fused-ring (bicyclic) bond motifs is 3. The largest absolute Gasteiger partial charge is 0.345 e. The molecule has 0 aliphatic rings. The predicted molar refractivity (Wildman–Crippen MR) is 107 cm³/mol. The zero-order valence-electron chi connectivity index (χ0n) is 14.6. The van der Waals surface area contributed by atoms with E-state index in [1.807, 2.05) is 59.4 Å². The average Bonchev–Trinajstić information content (AvgIpc) is 3.46. The summed E-state index contributed by atoms with van der Waals surface area (Å²) in [7, 11) is 0. The first-order valence-corrected chi connectivity index (χ1v) is 8.81. The predicted octanol–water partition coefficient (Wildman–Crippen LogP) is 3.89. The molecule has 3 N–H and O–H groups in total. The Hall–Kier alpha value is -4.20. The zero-order valence-corrected chi connectivity index (χ0v) is 14.6. The second-order valence-corrected chi connectivity index (χ2v) is 6.56. The van der Waals surface area contributed by atoms with Gasteiger partial charge >= 0.3 is 0 Å². The number of imidazole rings is 2. The molecular formula is C20H14N8. The molecule has 0 bridgehead atoms. The van der Waals surface area contributed by atoms with Crippen LogP contribution in [0.3, 0.4) is 0 Å². The lowest BCUT2D eigenvalue weighted by atomic mass is 10.1. The molecule has 8 nitrogen and oxygen atoms in total. The van der Waals surface area contributed by atoms with Gasteiger partial charge in [0.05, 0.1) is 34.8 Å². The second-order valence-electron chi connectivity index (χ2n) is 6.56. The summed E-state index contributed by atoms with van der Waals surface area (Å²) in [6, 6.07) is 12.1. The van der Waals surface area contributed by atoms with Gasteiger partial charge in [0, 0.05) is 35.2 Å². The minimum Gasteiger partial charge on any atom is -0.345 e. The van der Waals surface area contributed by atoms with Crippen molar-refractivity contribution in [1.29, 1.82) is 0 Å². The Morgan fingerprint density at radius 2 is 2.00 bits per heavy atom. The summed E-state index contributed by atoms with van der Waals surface area (Å²) in [5, 5.41) is 11.6. The van der Waals surface area contributed by atoms with E-state index in [0.717, 1.165) is 44.5 Å². The van der Waals surface area contributed by atoms with Crippen molar-refractivity contribution >= 4 is 39.1 Å². The Morgan fingerprint density at radius 3 is 3.00 bits per heavy atom. The third-order valence-corrected chi connectivity index (χ3v) is 4.79. The highest BCUT2D eigenvalue weighted by Gasteiger charge is 2.11. The van der Waals surface area contributed by atoms with E-state index in [2.05, 4.69) is 30.5 Å². The first-order valence-electron chi connectivity index (χ1n) is 8.81. The SMILES string of the molecule is c1cn2cc(-c3ccc4cn[nH]c4c3)nc(Nc3ccc4nc[nH]c4c3)c2n1. The van der Waals surface area contributed by atoms with Crippen LogP contribution in [-0.2, 0) is 0 Å². The molecule has 28 heavy (non-hydrogen) atoms. The lowest BCUT2D eigenvalue weighted by Gasteiger charge is -2.10. The number of rotatable bonds is 3. The van der Waals surface area contributed by atoms with Crippen LogP contribution in [0.15, 0.2) is 67.5 Å². The van der Waals surface area contributed by atoms with Crippen molar-refractivity contribution in [2.24, 2.45) is 0 Å². The van der Waals surface area contributed by atoms with Gasteiger partial charge in [-0.2, -0.15) is 5.10 Å². The van der Waals surface area contributed by atoms with Gasteiger partial charge in [0.1, 0.15) is 0 Å². The topological polar surface area (TPSA) is 99.6 Å². The highest BCUT2D eigenvalue weighted by atomic mass is 15.1. The Kier molecular flexibility index (Phi) is 3.01. The maximum atomic E-state index is 4.84. The highest BCUT2D eigenvalue weighted by Crippen LogP contribution is 2.27. The number of hydrogen-bond donors (Lipinski definition) is 3. The first-order chi connectivity index (χ1) is 13.8. The fourth-order valence-electron chi connectivity index (χ4n) is 3.40. The van der Waals surface area contributed by atoms with Crippen molar-refractivity contribution in [2.75, 3.05) is 5.32 Å². The highest BCUT2D eigenvalue weighted by molar-refractivity contribution is 5.85. The minimum atomic E-state index is 0.686. The number of aromatic amines is 2. The lowest BCUT2D eigenvalue weighted by Crippen LogP contribution is -2.00. The van der Waals surface area contributed by atoms with Crippen LogP contribution in [0.4, 0.5) is 11.5 Å². The van der Waals surface area contributed by atoms with Crippen molar-refractivity contribution in [3.8, 4) is 11.3 Å². The summed E-state index contributed by atoms with van der Waals surface area (Å²) in [6.07, 6.45) is 9.15. The Morgan fingerprint density at radius 1 is 1.00 bits per heavy atom. The summed E-state index contributed by atoms with van der Waals surface area (Å²) >= 11 is 0. The molecule has 0 amide bonds. The average molecular weight is 366 g/mol. The van der Waals surface area contributed by atoms with Gasteiger partial charge in [0.15, 0.2) is 11.5 Å². The summed E-state index contributed by atoms with van der Waals surface area (Å²) in [5.41, 5.74) is 6.37. The Bertz CT molecular complexity index is 1460. The van der Waals surface area contributed by atoms with E-state index in [9.17, 15) is 0 Å². The van der Waals surface area contributed by atoms with Gasteiger partial charge in [0.25, 0.3) is 0 Å². The van der Waals surface area contributed by atoms with Gasteiger partial charge in [-0.3, -0.25) is 5.10 Å². The summed E-state index contributed by atoms with van der Waals surface area (Å²) < 4.78 is 1.97. The molecule has 0 fully saturated rings. The third-order valence-electron chi connectivity index (χ3n) is 4.79. The fourth-order valence-corrected chi connectivity index (χ4v) is 3.40. The first kappa shape index (κ1) is 14.9. The summed E-state index contributed by atoms with van der Waals surface area (Å²) in [6.45, 7) is 0. The van der Waals surface area contributed by atoms with Gasteiger partial charge in [-0.25, -0.2) is 15.0 Å². The molecule has 0 saturated heterocycles. The molecule has 8 heteroatoms. The number of H-pyrrole nitrogens is 2. The minimum absolute atomic E-state index is 0.686. The molecule has 0 saturated carbocycles. The number of aromatic nitrogens is 7. The Labute approximate surface area is 158 Å². The number of nitrogens with zero attached hydrogens (tertiary/aromatic N) is 5. The number of anilines is 2. The molecule has 0 aliphatic carbocycles. The van der Waals surface area contributed by atoms with Crippen molar-refractivity contribution in [3.05, 3.63) is 67.5 Å². The number of hydrogen-bond acceptors (Lipinski definition) is 5. The molecule has 4 heterocycles. The fraction of sp³-hybridized carbons (Fsp3) is 0. The molecule has 0 spiro atoms. The van der Waals surface area contributed by atoms with Crippen molar-refractivity contribution in [1.82, 2.24) is 34.5 Å². The van der Waals surface area contributed by atoms with Gasteiger partial charge in [-0.15, -0.1) is 0 Å². The maximum Gasteiger partial charge on any atom is 0.180 e. The second kappa shape index (κ2) is 5.65. The van der Waals surface area contributed by atoms with E-state index >= 15 is 0 Å². The summed E-state index contributed by atoms with van der Waals surface area (Å²) in [4.78, 5) is 16.7. The molecule has 4 aromatic heterocycles. The molecule has 6 aromatic rings. The van der Waals surface area contributed by atoms with E-state index in [1.54, 1.807) is 12.5 Å². The molecule has 2 aromatic carbocycles. The van der Waals surface area contributed by atoms with Gasteiger partial charge in [0.2, 0.25) is 0 Å². The normalized spacial score (nSPS) is 11.6.